The monoisotopic (exact) mass is 311 g/mol. The molecule has 1 aromatic heterocycles. The third kappa shape index (κ3) is 2.67. The van der Waals surface area contributed by atoms with Gasteiger partial charge in [-0.3, -0.25) is 4.79 Å². The molecule has 0 spiro atoms. The molecule has 7 heteroatoms. The van der Waals surface area contributed by atoms with Gasteiger partial charge < -0.3 is 19.2 Å². The first kappa shape index (κ1) is 15.2. The lowest BCUT2D eigenvalue weighted by atomic mass is 10.1. The molecule has 1 heterocycles. The molecule has 1 aromatic carbocycles. The molecule has 0 aliphatic heterocycles. The summed E-state index contributed by atoms with van der Waals surface area (Å²) in [5.41, 5.74) is -0.396. The van der Waals surface area contributed by atoms with Crippen LogP contribution in [0.2, 0.25) is 5.02 Å². The Morgan fingerprint density at radius 3 is 2.43 bits per heavy atom. The van der Waals surface area contributed by atoms with E-state index in [0.29, 0.717) is 22.4 Å². The highest BCUT2D eigenvalue weighted by Crippen LogP contribution is 2.34. The molecule has 0 saturated heterocycles. The molecule has 2 aromatic rings. The molecular weight excluding hydrogens is 298 g/mol. The fraction of sp³-hybridized carbons (Fsp3) is 0.286. The topological polar surface area (TPSA) is 77.6 Å². The van der Waals surface area contributed by atoms with Crippen molar-refractivity contribution in [1.29, 1.82) is 0 Å². The first-order valence-electron chi connectivity index (χ1n) is 6.18. The number of fused-ring (bicyclic) bond motifs is 1. The van der Waals surface area contributed by atoms with Gasteiger partial charge in [-0.2, -0.15) is 0 Å². The maximum Gasteiger partial charge on any atom is 0.345 e. The minimum atomic E-state index is -0.763. The van der Waals surface area contributed by atoms with Crippen LogP contribution in [0.15, 0.2) is 16.9 Å². The van der Waals surface area contributed by atoms with Crippen LogP contribution in [0.1, 0.15) is 17.3 Å². The summed E-state index contributed by atoms with van der Waals surface area (Å²) in [5.74, 6) is 0.120. The quantitative estimate of drug-likeness (QED) is 0.877. The SMILES string of the molecule is CCOC(=O)c1c(Cl)c2cc(OC)c(OC)cc2[nH]c1=O. The maximum atomic E-state index is 12.0. The van der Waals surface area contributed by atoms with E-state index >= 15 is 0 Å². The number of nitrogens with one attached hydrogen (secondary N) is 1. The van der Waals surface area contributed by atoms with Crippen molar-refractivity contribution in [2.75, 3.05) is 20.8 Å². The Morgan fingerprint density at radius 2 is 1.86 bits per heavy atom. The summed E-state index contributed by atoms with van der Waals surface area (Å²) < 4.78 is 15.2. The van der Waals surface area contributed by atoms with E-state index in [-0.39, 0.29) is 17.2 Å². The van der Waals surface area contributed by atoms with Crippen LogP contribution in [0.3, 0.4) is 0 Å². The van der Waals surface area contributed by atoms with Gasteiger partial charge in [-0.15, -0.1) is 0 Å². The Morgan fingerprint density at radius 1 is 1.24 bits per heavy atom. The summed E-state index contributed by atoms with van der Waals surface area (Å²) in [5, 5.41) is 0.491. The van der Waals surface area contributed by atoms with Crippen molar-refractivity contribution in [3.8, 4) is 11.5 Å². The van der Waals surface area contributed by atoms with Crippen LogP contribution in [-0.4, -0.2) is 31.8 Å². The highest BCUT2D eigenvalue weighted by molar-refractivity contribution is 6.38. The van der Waals surface area contributed by atoms with Gasteiger partial charge >= 0.3 is 5.97 Å². The van der Waals surface area contributed by atoms with E-state index in [0.717, 1.165) is 0 Å². The van der Waals surface area contributed by atoms with Crippen molar-refractivity contribution < 1.29 is 19.0 Å². The first-order chi connectivity index (χ1) is 10.0. The van der Waals surface area contributed by atoms with Crippen LogP contribution < -0.4 is 15.0 Å². The maximum absolute atomic E-state index is 12.0. The number of benzene rings is 1. The van der Waals surface area contributed by atoms with Crippen molar-refractivity contribution in [3.05, 3.63) is 33.1 Å². The number of rotatable bonds is 4. The Bertz CT molecular complexity index is 753. The molecule has 2 rings (SSSR count). The van der Waals surface area contributed by atoms with Crippen LogP contribution >= 0.6 is 11.6 Å². The molecule has 0 radical (unpaired) electrons. The van der Waals surface area contributed by atoms with Gasteiger partial charge in [0.1, 0.15) is 5.56 Å². The number of pyridine rings is 1. The predicted molar refractivity (Wildman–Crippen MR) is 78.6 cm³/mol. The van der Waals surface area contributed by atoms with Crippen molar-refractivity contribution in [2.45, 2.75) is 6.92 Å². The van der Waals surface area contributed by atoms with E-state index in [1.807, 2.05) is 0 Å². The van der Waals surface area contributed by atoms with E-state index in [2.05, 4.69) is 4.98 Å². The number of methoxy groups -OCH3 is 2. The Hall–Kier alpha value is -2.21. The Kier molecular flexibility index (Phi) is 4.37. The molecule has 0 aliphatic rings. The molecule has 0 amide bonds. The van der Waals surface area contributed by atoms with Crippen LogP contribution in [0.5, 0.6) is 11.5 Å². The molecule has 0 unspecified atom stereocenters. The van der Waals surface area contributed by atoms with Crippen molar-refractivity contribution in [1.82, 2.24) is 4.98 Å². The summed E-state index contributed by atoms with van der Waals surface area (Å²) >= 11 is 6.18. The molecule has 112 valence electrons. The summed E-state index contributed by atoms with van der Waals surface area (Å²) in [4.78, 5) is 26.4. The summed E-state index contributed by atoms with van der Waals surface area (Å²) in [6.45, 7) is 1.80. The fourth-order valence-electron chi connectivity index (χ4n) is 1.97. The summed E-state index contributed by atoms with van der Waals surface area (Å²) in [6.07, 6.45) is 0. The number of carbonyl (C=O) groups excluding carboxylic acids is 1. The second-order valence-electron chi connectivity index (χ2n) is 4.12. The van der Waals surface area contributed by atoms with E-state index in [1.54, 1.807) is 19.1 Å². The average Bonchev–Trinajstić information content (AvgIpc) is 2.46. The Labute approximate surface area is 125 Å². The molecule has 1 N–H and O–H groups in total. The van der Waals surface area contributed by atoms with E-state index in [4.69, 9.17) is 25.8 Å². The molecule has 0 atom stereocenters. The van der Waals surface area contributed by atoms with Gasteiger partial charge in [0.2, 0.25) is 0 Å². The zero-order valence-electron chi connectivity index (χ0n) is 11.8. The van der Waals surface area contributed by atoms with Gasteiger partial charge in [0.25, 0.3) is 5.56 Å². The smallest absolute Gasteiger partial charge is 0.345 e. The lowest BCUT2D eigenvalue weighted by Gasteiger charge is -2.11. The van der Waals surface area contributed by atoms with Gasteiger partial charge in [-0.25, -0.2) is 4.79 Å². The number of ether oxygens (including phenoxy) is 3. The second kappa shape index (κ2) is 6.05. The highest BCUT2D eigenvalue weighted by atomic mass is 35.5. The van der Waals surface area contributed by atoms with Gasteiger partial charge in [-0.1, -0.05) is 11.6 Å². The zero-order chi connectivity index (χ0) is 15.6. The van der Waals surface area contributed by atoms with Crippen LogP contribution in [0, 0.1) is 0 Å². The molecule has 21 heavy (non-hydrogen) atoms. The minimum absolute atomic E-state index is 0.0214. The largest absolute Gasteiger partial charge is 0.493 e. The van der Waals surface area contributed by atoms with Crippen LogP contribution in [0.25, 0.3) is 10.9 Å². The van der Waals surface area contributed by atoms with E-state index in [9.17, 15) is 9.59 Å². The number of carbonyl (C=O) groups is 1. The predicted octanol–water partition coefficient (Wildman–Crippen LogP) is 2.38. The lowest BCUT2D eigenvalue weighted by Crippen LogP contribution is -2.20. The molecule has 0 aliphatic carbocycles. The summed E-state index contributed by atoms with van der Waals surface area (Å²) in [7, 11) is 2.96. The average molecular weight is 312 g/mol. The first-order valence-corrected chi connectivity index (χ1v) is 6.55. The third-order valence-corrected chi connectivity index (χ3v) is 3.33. The highest BCUT2D eigenvalue weighted by Gasteiger charge is 2.20. The van der Waals surface area contributed by atoms with Gasteiger partial charge in [0, 0.05) is 11.5 Å². The number of aromatic nitrogens is 1. The van der Waals surface area contributed by atoms with Gasteiger partial charge in [-0.05, 0) is 13.0 Å². The normalized spacial score (nSPS) is 10.5. The number of hydrogen-bond acceptors (Lipinski definition) is 5. The standard InChI is InChI=1S/C14H14ClNO5/c1-4-21-14(18)11-12(15)7-5-9(19-2)10(20-3)6-8(7)16-13(11)17/h5-6H,4H2,1-3H3,(H,16,17). The van der Waals surface area contributed by atoms with Crippen molar-refractivity contribution >= 4 is 28.5 Å². The zero-order valence-corrected chi connectivity index (χ0v) is 12.5. The van der Waals surface area contributed by atoms with Crippen LogP contribution in [0.4, 0.5) is 0 Å². The molecular formula is C14H14ClNO5. The second-order valence-corrected chi connectivity index (χ2v) is 4.49. The lowest BCUT2D eigenvalue weighted by molar-refractivity contribution is 0.0524. The van der Waals surface area contributed by atoms with Crippen LogP contribution in [-0.2, 0) is 4.74 Å². The van der Waals surface area contributed by atoms with Gasteiger partial charge in [0.15, 0.2) is 11.5 Å². The summed E-state index contributed by atoms with van der Waals surface area (Å²) in [6, 6.07) is 3.17. The number of esters is 1. The van der Waals surface area contributed by atoms with Crippen molar-refractivity contribution in [2.24, 2.45) is 0 Å². The third-order valence-electron chi connectivity index (χ3n) is 2.93. The van der Waals surface area contributed by atoms with Crippen molar-refractivity contribution in [3.63, 3.8) is 0 Å². The fourth-order valence-corrected chi connectivity index (χ4v) is 2.29. The Balaban J connectivity index is 2.76. The molecule has 0 fully saturated rings. The molecule has 0 saturated carbocycles. The molecule has 6 nitrogen and oxygen atoms in total. The minimum Gasteiger partial charge on any atom is -0.493 e. The number of H-pyrrole nitrogens is 1. The number of halogens is 1. The van der Waals surface area contributed by atoms with E-state index < -0.39 is 11.5 Å². The van der Waals surface area contributed by atoms with Gasteiger partial charge in [0.05, 0.1) is 31.4 Å². The van der Waals surface area contributed by atoms with E-state index in [1.165, 1.54) is 14.2 Å². The number of hydrogen-bond donors (Lipinski definition) is 1. The molecule has 0 bridgehead atoms. The number of aromatic amines is 1.